The van der Waals surface area contributed by atoms with Gasteiger partial charge in [-0.1, -0.05) is 18.2 Å². The number of benzene rings is 1. The van der Waals surface area contributed by atoms with E-state index < -0.39 is 6.04 Å². The fourth-order valence-electron chi connectivity index (χ4n) is 3.24. The van der Waals surface area contributed by atoms with Crippen molar-refractivity contribution in [1.82, 2.24) is 10.2 Å². The average Bonchev–Trinajstić information content (AvgIpc) is 3.23. The first-order chi connectivity index (χ1) is 14.0. The van der Waals surface area contributed by atoms with Crippen molar-refractivity contribution in [2.75, 3.05) is 18.5 Å². The van der Waals surface area contributed by atoms with Gasteiger partial charge < -0.3 is 20.3 Å². The summed E-state index contributed by atoms with van der Waals surface area (Å²) in [7, 11) is 0. The third kappa shape index (κ3) is 4.49. The number of rotatable bonds is 6. The predicted molar refractivity (Wildman–Crippen MR) is 119 cm³/mol. The minimum atomic E-state index is -0.411. The number of hydrogen-bond donors (Lipinski definition) is 2. The molecule has 1 aromatic carbocycles. The Bertz CT molecular complexity index is 937. The lowest BCUT2D eigenvalue weighted by Gasteiger charge is -2.37. The van der Waals surface area contributed by atoms with Crippen molar-refractivity contribution < 1.29 is 14.3 Å². The number of thiocarbonyl (C=S) groups is 1. The van der Waals surface area contributed by atoms with Crippen LogP contribution in [-0.2, 0) is 9.53 Å². The number of ether oxygens (including phenoxy) is 1. The highest BCUT2D eigenvalue weighted by molar-refractivity contribution is 7.80. The van der Waals surface area contributed by atoms with E-state index in [2.05, 4.69) is 10.6 Å². The number of carbonyl (C=O) groups excluding carboxylic acids is 2. The summed E-state index contributed by atoms with van der Waals surface area (Å²) in [6.45, 7) is 6.59. The Kier molecular flexibility index (Phi) is 6.66. The summed E-state index contributed by atoms with van der Waals surface area (Å²) >= 11 is 6.87. The Hall–Kier alpha value is -2.71. The van der Waals surface area contributed by atoms with Crippen LogP contribution in [0.2, 0.25) is 0 Å². The third-order valence-electron chi connectivity index (χ3n) is 4.65. The van der Waals surface area contributed by atoms with Crippen LogP contribution >= 0.6 is 23.6 Å². The molecule has 2 aromatic rings. The second kappa shape index (κ2) is 9.19. The number of nitrogens with one attached hydrogen (secondary N) is 2. The maximum atomic E-state index is 12.7. The summed E-state index contributed by atoms with van der Waals surface area (Å²) in [4.78, 5) is 27.4. The zero-order chi connectivity index (χ0) is 21.0. The highest BCUT2D eigenvalue weighted by atomic mass is 32.1. The van der Waals surface area contributed by atoms with Crippen molar-refractivity contribution >= 4 is 46.2 Å². The molecule has 2 heterocycles. The molecular formula is C21H23N3O3S2. The molecule has 0 radical (unpaired) electrons. The maximum absolute atomic E-state index is 12.7. The van der Waals surface area contributed by atoms with E-state index in [1.54, 1.807) is 13.0 Å². The minimum Gasteiger partial charge on any atom is -0.463 e. The molecule has 6 nitrogen and oxygen atoms in total. The first kappa shape index (κ1) is 21.0. The molecule has 29 heavy (non-hydrogen) atoms. The van der Waals surface area contributed by atoms with Gasteiger partial charge in [0.25, 0.3) is 5.91 Å². The normalized spacial score (nSPS) is 16.4. The molecule has 0 bridgehead atoms. The molecule has 1 aliphatic rings. The van der Waals surface area contributed by atoms with Gasteiger partial charge in [0.05, 0.1) is 23.1 Å². The second-order valence-electron chi connectivity index (χ2n) is 6.40. The van der Waals surface area contributed by atoms with Gasteiger partial charge in [0.1, 0.15) is 0 Å². The Balaban J connectivity index is 1.87. The fraction of sp³-hybridized carbons (Fsp3) is 0.286. The standard InChI is InChI=1S/C21H23N3O3S2/c1-4-24-13(3)17(20(26)27-5-2)18(23-21(24)28)14-8-10-15(11-9-14)22-19(25)16-7-6-12-29-16/h6-12,18H,4-5H2,1-3H3,(H,22,25)(H,23,28). The van der Waals surface area contributed by atoms with Crippen LogP contribution in [0, 0.1) is 0 Å². The van der Waals surface area contributed by atoms with Crippen LogP contribution in [0.4, 0.5) is 5.69 Å². The number of carbonyl (C=O) groups is 2. The van der Waals surface area contributed by atoms with Crippen molar-refractivity contribution in [1.29, 1.82) is 0 Å². The van der Waals surface area contributed by atoms with Gasteiger partial charge in [0.15, 0.2) is 5.11 Å². The third-order valence-corrected chi connectivity index (χ3v) is 5.86. The highest BCUT2D eigenvalue weighted by Crippen LogP contribution is 2.32. The molecule has 0 saturated heterocycles. The van der Waals surface area contributed by atoms with Crippen molar-refractivity contribution in [3.63, 3.8) is 0 Å². The van der Waals surface area contributed by atoms with Crippen molar-refractivity contribution in [2.45, 2.75) is 26.8 Å². The number of allylic oxidation sites excluding steroid dienone is 1. The van der Waals surface area contributed by atoms with Gasteiger partial charge in [-0.3, -0.25) is 4.79 Å². The van der Waals surface area contributed by atoms with E-state index in [0.29, 0.717) is 34.4 Å². The second-order valence-corrected chi connectivity index (χ2v) is 7.73. The summed E-state index contributed by atoms with van der Waals surface area (Å²) < 4.78 is 5.29. The van der Waals surface area contributed by atoms with Gasteiger partial charge in [-0.25, -0.2) is 4.79 Å². The van der Waals surface area contributed by atoms with Crippen LogP contribution in [0.3, 0.4) is 0 Å². The molecule has 152 valence electrons. The number of esters is 1. The fourth-order valence-corrected chi connectivity index (χ4v) is 4.25. The van der Waals surface area contributed by atoms with Gasteiger partial charge in [-0.05, 0) is 62.1 Å². The van der Waals surface area contributed by atoms with Gasteiger partial charge in [0, 0.05) is 17.9 Å². The predicted octanol–water partition coefficient (Wildman–Crippen LogP) is 4.09. The van der Waals surface area contributed by atoms with E-state index >= 15 is 0 Å². The van der Waals surface area contributed by atoms with E-state index in [0.717, 1.165) is 11.3 Å². The largest absolute Gasteiger partial charge is 0.463 e. The molecular weight excluding hydrogens is 406 g/mol. The Morgan fingerprint density at radius 2 is 1.97 bits per heavy atom. The van der Waals surface area contributed by atoms with E-state index in [1.165, 1.54) is 11.3 Å². The molecule has 2 N–H and O–H groups in total. The van der Waals surface area contributed by atoms with E-state index in [4.69, 9.17) is 17.0 Å². The van der Waals surface area contributed by atoms with Crippen LogP contribution < -0.4 is 10.6 Å². The van der Waals surface area contributed by atoms with Crippen LogP contribution in [0.15, 0.2) is 53.0 Å². The van der Waals surface area contributed by atoms with Gasteiger partial charge in [0.2, 0.25) is 0 Å². The summed E-state index contributed by atoms with van der Waals surface area (Å²) in [6, 6.07) is 10.6. The van der Waals surface area contributed by atoms with Crippen molar-refractivity contribution in [3.05, 3.63) is 63.5 Å². The highest BCUT2D eigenvalue weighted by Gasteiger charge is 2.34. The lowest BCUT2D eigenvalue weighted by molar-refractivity contribution is -0.139. The first-order valence-corrected chi connectivity index (χ1v) is 10.7. The van der Waals surface area contributed by atoms with Gasteiger partial charge in [-0.2, -0.15) is 0 Å². The molecule has 0 fully saturated rings. The number of amides is 1. The smallest absolute Gasteiger partial charge is 0.338 e. The summed E-state index contributed by atoms with van der Waals surface area (Å²) in [5.74, 6) is -0.509. The van der Waals surface area contributed by atoms with Crippen LogP contribution in [0.1, 0.15) is 42.0 Å². The number of anilines is 1. The minimum absolute atomic E-state index is 0.147. The molecule has 1 aliphatic heterocycles. The molecule has 1 aromatic heterocycles. The molecule has 8 heteroatoms. The summed E-state index contributed by atoms with van der Waals surface area (Å²) in [5.41, 5.74) is 2.87. The Morgan fingerprint density at radius 3 is 2.55 bits per heavy atom. The number of hydrogen-bond acceptors (Lipinski definition) is 5. The molecule has 1 unspecified atom stereocenters. The molecule has 1 amide bonds. The molecule has 0 aliphatic carbocycles. The molecule has 0 saturated carbocycles. The van der Waals surface area contributed by atoms with Crippen LogP contribution in [0.5, 0.6) is 0 Å². The van der Waals surface area contributed by atoms with Crippen LogP contribution in [-0.4, -0.2) is 35.0 Å². The monoisotopic (exact) mass is 429 g/mol. The van der Waals surface area contributed by atoms with E-state index in [-0.39, 0.29) is 11.9 Å². The average molecular weight is 430 g/mol. The van der Waals surface area contributed by atoms with Crippen LogP contribution in [0.25, 0.3) is 0 Å². The van der Waals surface area contributed by atoms with Gasteiger partial charge >= 0.3 is 5.97 Å². The lowest BCUT2D eigenvalue weighted by Crippen LogP contribution is -2.47. The molecule has 3 rings (SSSR count). The SMILES string of the molecule is CCOC(=O)C1=C(C)N(CC)C(=S)NC1c1ccc(NC(=O)c2cccs2)cc1. The number of thiophene rings is 1. The number of nitrogens with zero attached hydrogens (tertiary/aromatic N) is 1. The van der Waals surface area contributed by atoms with Crippen molar-refractivity contribution in [2.24, 2.45) is 0 Å². The quantitative estimate of drug-likeness (QED) is 0.532. The lowest BCUT2D eigenvalue weighted by atomic mass is 9.95. The maximum Gasteiger partial charge on any atom is 0.338 e. The summed E-state index contributed by atoms with van der Waals surface area (Å²) in [6.07, 6.45) is 0. The molecule has 1 atom stereocenters. The Morgan fingerprint density at radius 1 is 1.24 bits per heavy atom. The van der Waals surface area contributed by atoms with Gasteiger partial charge in [-0.15, -0.1) is 11.3 Å². The summed E-state index contributed by atoms with van der Waals surface area (Å²) in [5, 5.41) is 8.55. The Labute approximate surface area is 179 Å². The molecule has 0 spiro atoms. The van der Waals surface area contributed by atoms with E-state index in [9.17, 15) is 9.59 Å². The topological polar surface area (TPSA) is 70.7 Å². The first-order valence-electron chi connectivity index (χ1n) is 9.37. The van der Waals surface area contributed by atoms with E-state index in [1.807, 2.05) is 54.5 Å². The zero-order valence-electron chi connectivity index (χ0n) is 16.5. The van der Waals surface area contributed by atoms with Crippen molar-refractivity contribution in [3.8, 4) is 0 Å². The zero-order valence-corrected chi connectivity index (χ0v) is 18.2.